The SMILES string of the molecule is Cc1cc(C)n(Cc2nnc(Cl)s2)n1. The smallest absolute Gasteiger partial charge is 0.207 e. The standard InChI is InChI=1S/C8H9ClN4S/c1-5-3-6(2)13(12-5)4-7-10-11-8(9)14-7/h3H,4H2,1-2H3. The fourth-order valence-corrected chi connectivity index (χ4v) is 2.11. The van der Waals surface area contributed by atoms with Crippen LogP contribution in [0.4, 0.5) is 0 Å². The highest BCUT2D eigenvalue weighted by Crippen LogP contribution is 2.16. The summed E-state index contributed by atoms with van der Waals surface area (Å²) in [7, 11) is 0. The average molecular weight is 229 g/mol. The van der Waals surface area contributed by atoms with Crippen molar-refractivity contribution < 1.29 is 0 Å². The van der Waals surface area contributed by atoms with Gasteiger partial charge in [-0.1, -0.05) is 11.3 Å². The zero-order valence-corrected chi connectivity index (χ0v) is 9.43. The Morgan fingerprint density at radius 1 is 1.43 bits per heavy atom. The van der Waals surface area contributed by atoms with Gasteiger partial charge in [-0.25, -0.2) is 0 Å². The molecule has 14 heavy (non-hydrogen) atoms. The molecule has 2 heterocycles. The van der Waals surface area contributed by atoms with Gasteiger partial charge in [0.2, 0.25) is 4.47 Å². The van der Waals surface area contributed by atoms with Gasteiger partial charge in [0.05, 0.1) is 12.2 Å². The van der Waals surface area contributed by atoms with E-state index in [0.717, 1.165) is 16.4 Å². The normalized spacial score (nSPS) is 10.8. The van der Waals surface area contributed by atoms with E-state index in [1.807, 2.05) is 24.6 Å². The lowest BCUT2D eigenvalue weighted by Gasteiger charge is -1.98. The molecular weight excluding hydrogens is 220 g/mol. The number of aryl methyl sites for hydroxylation is 2. The predicted molar refractivity (Wildman–Crippen MR) is 55.7 cm³/mol. The summed E-state index contributed by atoms with van der Waals surface area (Å²) in [6.45, 7) is 4.63. The first-order valence-electron chi connectivity index (χ1n) is 4.14. The quantitative estimate of drug-likeness (QED) is 0.790. The average Bonchev–Trinajstić information content (AvgIpc) is 2.61. The highest BCUT2D eigenvalue weighted by atomic mass is 35.5. The molecule has 0 bridgehead atoms. The summed E-state index contributed by atoms with van der Waals surface area (Å²) in [6, 6.07) is 2.03. The van der Waals surface area contributed by atoms with Crippen molar-refractivity contribution in [3.63, 3.8) is 0 Å². The Balaban J connectivity index is 2.22. The molecule has 0 fully saturated rings. The van der Waals surface area contributed by atoms with Gasteiger partial charge in [-0.15, -0.1) is 10.2 Å². The highest BCUT2D eigenvalue weighted by Gasteiger charge is 2.05. The van der Waals surface area contributed by atoms with Crippen LogP contribution in [0.5, 0.6) is 0 Å². The highest BCUT2D eigenvalue weighted by molar-refractivity contribution is 7.15. The molecule has 0 aliphatic rings. The largest absolute Gasteiger partial charge is 0.263 e. The molecule has 0 amide bonds. The summed E-state index contributed by atoms with van der Waals surface area (Å²) >= 11 is 7.07. The third kappa shape index (κ3) is 1.93. The van der Waals surface area contributed by atoms with Gasteiger partial charge in [0.1, 0.15) is 5.01 Å². The van der Waals surface area contributed by atoms with Gasteiger partial charge in [-0.2, -0.15) is 5.10 Å². The molecule has 2 aromatic rings. The number of aromatic nitrogens is 4. The van der Waals surface area contributed by atoms with Gasteiger partial charge in [0, 0.05) is 5.69 Å². The molecule has 2 aromatic heterocycles. The van der Waals surface area contributed by atoms with E-state index in [-0.39, 0.29) is 0 Å². The van der Waals surface area contributed by atoms with E-state index in [9.17, 15) is 0 Å². The maximum absolute atomic E-state index is 5.69. The predicted octanol–water partition coefficient (Wildman–Crippen LogP) is 2.05. The molecule has 0 N–H and O–H groups in total. The first-order chi connectivity index (χ1) is 6.65. The van der Waals surface area contributed by atoms with Crippen molar-refractivity contribution in [2.24, 2.45) is 0 Å². The van der Waals surface area contributed by atoms with Crippen LogP contribution in [0.25, 0.3) is 0 Å². The molecule has 0 aromatic carbocycles. The molecule has 0 atom stereocenters. The lowest BCUT2D eigenvalue weighted by atomic mass is 10.4. The minimum atomic E-state index is 0.474. The van der Waals surface area contributed by atoms with Gasteiger partial charge < -0.3 is 0 Å². The van der Waals surface area contributed by atoms with E-state index >= 15 is 0 Å². The third-order valence-electron chi connectivity index (χ3n) is 1.83. The zero-order valence-electron chi connectivity index (χ0n) is 7.86. The molecule has 4 nitrogen and oxygen atoms in total. The van der Waals surface area contributed by atoms with Crippen molar-refractivity contribution in [2.45, 2.75) is 20.4 Å². The van der Waals surface area contributed by atoms with E-state index in [0.29, 0.717) is 11.0 Å². The number of hydrogen-bond donors (Lipinski definition) is 0. The molecule has 0 saturated heterocycles. The minimum Gasteiger partial charge on any atom is -0.263 e. The second kappa shape index (κ2) is 3.67. The van der Waals surface area contributed by atoms with Gasteiger partial charge in [0.25, 0.3) is 0 Å². The first-order valence-corrected chi connectivity index (χ1v) is 5.33. The number of rotatable bonds is 2. The van der Waals surface area contributed by atoms with E-state index in [1.54, 1.807) is 0 Å². The lowest BCUT2D eigenvalue weighted by Crippen LogP contribution is -2.03. The second-order valence-corrected chi connectivity index (χ2v) is 4.68. The molecule has 0 aliphatic heterocycles. The van der Waals surface area contributed by atoms with Crippen LogP contribution in [-0.4, -0.2) is 20.0 Å². The van der Waals surface area contributed by atoms with E-state index in [2.05, 4.69) is 15.3 Å². The van der Waals surface area contributed by atoms with Crippen LogP contribution in [0.3, 0.4) is 0 Å². The van der Waals surface area contributed by atoms with Crippen molar-refractivity contribution >= 4 is 22.9 Å². The summed E-state index contributed by atoms with van der Waals surface area (Å²) in [6.07, 6.45) is 0. The topological polar surface area (TPSA) is 43.6 Å². The Morgan fingerprint density at radius 3 is 2.71 bits per heavy atom. The van der Waals surface area contributed by atoms with Crippen LogP contribution in [0.1, 0.15) is 16.4 Å². The Hall–Kier alpha value is -0.940. The molecule has 6 heteroatoms. The maximum atomic E-state index is 5.69. The summed E-state index contributed by atoms with van der Waals surface area (Å²) in [4.78, 5) is 0. The van der Waals surface area contributed by atoms with Gasteiger partial charge in [-0.05, 0) is 31.5 Å². The van der Waals surface area contributed by atoms with Crippen LogP contribution in [0.2, 0.25) is 4.47 Å². The van der Waals surface area contributed by atoms with Crippen LogP contribution >= 0.6 is 22.9 Å². The third-order valence-corrected chi connectivity index (χ3v) is 2.83. The van der Waals surface area contributed by atoms with Crippen molar-refractivity contribution in [3.05, 3.63) is 26.9 Å². The van der Waals surface area contributed by atoms with Crippen LogP contribution in [0, 0.1) is 13.8 Å². The van der Waals surface area contributed by atoms with Crippen LogP contribution in [0.15, 0.2) is 6.07 Å². The summed E-state index contributed by atoms with van der Waals surface area (Å²) < 4.78 is 2.37. The van der Waals surface area contributed by atoms with Gasteiger partial charge in [0.15, 0.2) is 0 Å². The molecule has 0 radical (unpaired) electrons. The second-order valence-electron chi connectivity index (χ2n) is 3.03. The molecule has 0 aliphatic carbocycles. The van der Waals surface area contributed by atoms with E-state index in [1.165, 1.54) is 11.3 Å². The lowest BCUT2D eigenvalue weighted by molar-refractivity contribution is 0.651. The maximum Gasteiger partial charge on any atom is 0.207 e. The Labute approximate surface area is 90.5 Å². The molecular formula is C8H9ClN4S. The Morgan fingerprint density at radius 2 is 2.21 bits per heavy atom. The van der Waals surface area contributed by atoms with Gasteiger partial charge in [-0.3, -0.25) is 4.68 Å². The van der Waals surface area contributed by atoms with Crippen LogP contribution < -0.4 is 0 Å². The molecule has 74 valence electrons. The Kier molecular flexibility index (Phi) is 2.52. The monoisotopic (exact) mass is 228 g/mol. The fraction of sp³-hybridized carbons (Fsp3) is 0.375. The molecule has 0 spiro atoms. The fourth-order valence-electron chi connectivity index (χ4n) is 1.26. The minimum absolute atomic E-state index is 0.474. The van der Waals surface area contributed by atoms with Crippen molar-refractivity contribution in [2.75, 3.05) is 0 Å². The van der Waals surface area contributed by atoms with Crippen molar-refractivity contribution in [1.29, 1.82) is 0 Å². The molecule has 0 saturated carbocycles. The summed E-state index contributed by atoms with van der Waals surface area (Å²) in [5.41, 5.74) is 2.13. The Bertz CT molecular complexity index is 448. The molecule has 2 rings (SSSR count). The van der Waals surface area contributed by atoms with Crippen molar-refractivity contribution in [1.82, 2.24) is 20.0 Å². The van der Waals surface area contributed by atoms with Crippen molar-refractivity contribution in [3.8, 4) is 0 Å². The number of hydrogen-bond acceptors (Lipinski definition) is 4. The summed E-state index contributed by atoms with van der Waals surface area (Å²) in [5, 5.41) is 12.9. The van der Waals surface area contributed by atoms with Crippen LogP contribution in [-0.2, 0) is 6.54 Å². The zero-order chi connectivity index (χ0) is 10.1. The number of halogens is 1. The van der Waals surface area contributed by atoms with E-state index in [4.69, 9.17) is 11.6 Å². The first kappa shape index (κ1) is 9.61. The summed E-state index contributed by atoms with van der Waals surface area (Å²) in [5.74, 6) is 0. The van der Waals surface area contributed by atoms with E-state index < -0.39 is 0 Å². The van der Waals surface area contributed by atoms with Gasteiger partial charge >= 0.3 is 0 Å². The molecule has 0 unspecified atom stereocenters. The number of nitrogens with zero attached hydrogens (tertiary/aromatic N) is 4.